The molecule has 31 heavy (non-hydrogen) atoms. The Morgan fingerprint density at radius 1 is 1.35 bits per heavy atom. The lowest BCUT2D eigenvalue weighted by Crippen LogP contribution is -2.05. The summed E-state index contributed by atoms with van der Waals surface area (Å²) >= 11 is 0. The van der Waals surface area contributed by atoms with Crippen molar-refractivity contribution in [2.45, 2.75) is 51.9 Å². The maximum Gasteiger partial charge on any atom is 0.341 e. The number of rotatable bonds is 6. The number of fused-ring (bicyclic) bond motifs is 1. The molecule has 2 aromatic rings. The number of aliphatic imine (C=N–C) groups is 1. The van der Waals surface area contributed by atoms with Crippen LogP contribution in [-0.2, 0) is 13.5 Å². The molecule has 0 unspecified atom stereocenters. The van der Waals surface area contributed by atoms with E-state index in [2.05, 4.69) is 41.3 Å². The molecule has 6 heteroatoms. The fourth-order valence-electron chi connectivity index (χ4n) is 4.29. The van der Waals surface area contributed by atoms with Gasteiger partial charge in [0.05, 0.1) is 6.20 Å². The first kappa shape index (κ1) is 21.1. The van der Waals surface area contributed by atoms with Crippen LogP contribution in [-0.4, -0.2) is 27.1 Å². The normalized spacial score (nSPS) is 17.6. The number of nitrogens with zero attached hydrogens (tertiary/aromatic N) is 3. The molecule has 2 aliphatic carbocycles. The Morgan fingerprint density at radius 3 is 2.90 bits per heavy atom. The second-order valence-electron chi connectivity index (χ2n) is 8.25. The molecule has 0 aromatic carbocycles. The average Bonchev–Trinajstić information content (AvgIpc) is 3.28. The van der Waals surface area contributed by atoms with Crippen LogP contribution in [0.4, 0.5) is 5.82 Å². The molecular weight excluding hydrogens is 390 g/mol. The molecule has 0 bridgehead atoms. The first-order valence-electron chi connectivity index (χ1n) is 11.1. The second-order valence-corrected chi connectivity index (χ2v) is 8.25. The SMILES string of the molecule is CCc1cc2c(o1)C=CCC(C(/C=N\c1c(C(=O)O)cnn1C)=C\C1CCCCC1)=C2. The lowest BCUT2D eigenvalue weighted by Gasteiger charge is -2.19. The lowest BCUT2D eigenvalue weighted by atomic mass is 9.86. The molecule has 1 saturated carbocycles. The third-order valence-electron chi connectivity index (χ3n) is 6.03. The van der Waals surface area contributed by atoms with E-state index in [1.807, 2.05) is 12.3 Å². The summed E-state index contributed by atoms with van der Waals surface area (Å²) in [4.78, 5) is 16.1. The van der Waals surface area contributed by atoms with Gasteiger partial charge in [0.2, 0.25) is 0 Å². The zero-order valence-electron chi connectivity index (χ0n) is 18.2. The molecule has 0 amide bonds. The van der Waals surface area contributed by atoms with Crippen molar-refractivity contribution in [1.29, 1.82) is 0 Å². The van der Waals surface area contributed by atoms with Crippen LogP contribution in [0.25, 0.3) is 12.2 Å². The summed E-state index contributed by atoms with van der Waals surface area (Å²) in [5.41, 5.74) is 3.39. The predicted octanol–water partition coefficient (Wildman–Crippen LogP) is 5.98. The summed E-state index contributed by atoms with van der Waals surface area (Å²) in [7, 11) is 1.71. The zero-order chi connectivity index (χ0) is 21.8. The van der Waals surface area contributed by atoms with Crippen molar-refractivity contribution in [3.8, 4) is 0 Å². The Kier molecular flexibility index (Phi) is 6.35. The summed E-state index contributed by atoms with van der Waals surface area (Å²) in [6, 6.07) is 2.10. The Bertz CT molecular complexity index is 1080. The number of carboxylic acids is 1. The van der Waals surface area contributed by atoms with Crippen LogP contribution in [0.3, 0.4) is 0 Å². The molecular formula is C25H29N3O3. The van der Waals surface area contributed by atoms with Gasteiger partial charge < -0.3 is 9.52 Å². The van der Waals surface area contributed by atoms with Gasteiger partial charge in [-0.2, -0.15) is 5.10 Å². The Labute approximate surface area is 182 Å². The third kappa shape index (κ3) is 4.79. The van der Waals surface area contributed by atoms with Gasteiger partial charge in [-0.25, -0.2) is 9.79 Å². The highest BCUT2D eigenvalue weighted by atomic mass is 16.4. The summed E-state index contributed by atoms with van der Waals surface area (Å²) in [5, 5.41) is 13.5. The Morgan fingerprint density at radius 2 is 2.16 bits per heavy atom. The molecule has 0 spiro atoms. The van der Waals surface area contributed by atoms with E-state index in [9.17, 15) is 9.90 Å². The smallest absolute Gasteiger partial charge is 0.341 e. The van der Waals surface area contributed by atoms with E-state index in [-0.39, 0.29) is 5.56 Å². The van der Waals surface area contributed by atoms with Crippen LogP contribution in [0.1, 0.15) is 72.9 Å². The van der Waals surface area contributed by atoms with Gasteiger partial charge in [-0.15, -0.1) is 0 Å². The van der Waals surface area contributed by atoms with E-state index in [0.29, 0.717) is 11.7 Å². The monoisotopic (exact) mass is 419 g/mol. The molecule has 162 valence electrons. The number of allylic oxidation sites excluding steroid dienone is 4. The fraction of sp³-hybridized carbons (Fsp3) is 0.400. The van der Waals surface area contributed by atoms with E-state index in [0.717, 1.165) is 41.1 Å². The molecule has 0 radical (unpaired) electrons. The number of hydrogen-bond acceptors (Lipinski definition) is 4. The first-order valence-corrected chi connectivity index (χ1v) is 11.1. The van der Waals surface area contributed by atoms with Crippen molar-refractivity contribution in [2.75, 3.05) is 0 Å². The minimum atomic E-state index is -1.02. The highest BCUT2D eigenvalue weighted by Gasteiger charge is 2.17. The van der Waals surface area contributed by atoms with E-state index in [1.165, 1.54) is 43.0 Å². The van der Waals surface area contributed by atoms with E-state index >= 15 is 0 Å². The van der Waals surface area contributed by atoms with E-state index < -0.39 is 5.97 Å². The van der Waals surface area contributed by atoms with Crippen molar-refractivity contribution in [3.05, 3.63) is 58.2 Å². The van der Waals surface area contributed by atoms with Gasteiger partial charge in [0.1, 0.15) is 17.1 Å². The molecule has 0 saturated heterocycles. The standard InChI is InChI=1S/C25H29N3O3/c1-3-21-14-19-13-18(10-7-11-23(19)31-21)20(12-17-8-5-4-6-9-17)15-26-24-22(25(29)30)16-27-28(24)2/h7,11-17H,3-6,8-10H2,1-2H3,(H,29,30)/b20-12-,26-15-. The van der Waals surface area contributed by atoms with Gasteiger partial charge in [-0.05, 0) is 54.5 Å². The fourth-order valence-corrected chi connectivity index (χ4v) is 4.29. The Hall–Kier alpha value is -3.15. The maximum atomic E-state index is 11.5. The quantitative estimate of drug-likeness (QED) is 0.584. The number of carboxylic acid groups (broad SMARTS) is 1. The van der Waals surface area contributed by atoms with Gasteiger partial charge in [0.25, 0.3) is 0 Å². The average molecular weight is 420 g/mol. The van der Waals surface area contributed by atoms with Crippen LogP contribution < -0.4 is 0 Å². The number of aromatic carboxylic acids is 1. The van der Waals surface area contributed by atoms with Crippen molar-refractivity contribution >= 4 is 30.2 Å². The zero-order valence-corrected chi connectivity index (χ0v) is 18.2. The topological polar surface area (TPSA) is 80.6 Å². The summed E-state index contributed by atoms with van der Waals surface area (Å²) in [6.07, 6.45) is 19.6. The number of aromatic nitrogens is 2. The number of furan rings is 1. The molecule has 4 rings (SSSR count). The number of carbonyl (C=O) groups is 1. The molecule has 2 heterocycles. The van der Waals surface area contributed by atoms with Crippen LogP contribution in [0, 0.1) is 5.92 Å². The molecule has 0 atom stereocenters. The third-order valence-corrected chi connectivity index (χ3v) is 6.03. The minimum absolute atomic E-state index is 0.107. The molecule has 1 N–H and O–H groups in total. The first-order chi connectivity index (χ1) is 15.0. The van der Waals surface area contributed by atoms with Crippen molar-refractivity contribution in [3.63, 3.8) is 0 Å². The van der Waals surface area contributed by atoms with Crippen LogP contribution in [0.2, 0.25) is 0 Å². The minimum Gasteiger partial charge on any atom is -0.477 e. The largest absolute Gasteiger partial charge is 0.477 e. The van der Waals surface area contributed by atoms with Gasteiger partial charge in [0.15, 0.2) is 5.82 Å². The van der Waals surface area contributed by atoms with E-state index in [4.69, 9.17) is 4.42 Å². The summed E-state index contributed by atoms with van der Waals surface area (Å²) in [5.74, 6) is 1.71. The van der Waals surface area contributed by atoms with Gasteiger partial charge >= 0.3 is 5.97 Å². The van der Waals surface area contributed by atoms with E-state index in [1.54, 1.807) is 7.05 Å². The second kappa shape index (κ2) is 9.33. The molecule has 0 aliphatic heterocycles. The van der Waals surface area contributed by atoms with Crippen LogP contribution in [0.5, 0.6) is 0 Å². The van der Waals surface area contributed by atoms with Crippen LogP contribution in [0.15, 0.2) is 45.0 Å². The van der Waals surface area contributed by atoms with Crippen molar-refractivity contribution < 1.29 is 14.3 Å². The molecule has 2 aliphatic rings. The summed E-state index contributed by atoms with van der Waals surface area (Å²) in [6.45, 7) is 2.08. The molecule has 2 aromatic heterocycles. The Balaban J connectivity index is 1.73. The predicted molar refractivity (Wildman–Crippen MR) is 123 cm³/mol. The molecule has 6 nitrogen and oxygen atoms in total. The number of aryl methyl sites for hydroxylation is 2. The molecule has 1 fully saturated rings. The lowest BCUT2D eigenvalue weighted by molar-refractivity contribution is 0.0698. The van der Waals surface area contributed by atoms with Gasteiger partial charge in [-0.3, -0.25) is 4.68 Å². The highest BCUT2D eigenvalue weighted by molar-refractivity contribution is 5.95. The highest BCUT2D eigenvalue weighted by Crippen LogP contribution is 2.31. The number of hydrogen-bond donors (Lipinski definition) is 1. The van der Waals surface area contributed by atoms with Crippen molar-refractivity contribution in [2.24, 2.45) is 18.0 Å². The maximum absolute atomic E-state index is 11.5. The summed E-state index contributed by atoms with van der Waals surface area (Å²) < 4.78 is 7.43. The van der Waals surface area contributed by atoms with Crippen molar-refractivity contribution in [1.82, 2.24) is 9.78 Å². The van der Waals surface area contributed by atoms with Gasteiger partial charge in [0, 0.05) is 25.2 Å². The van der Waals surface area contributed by atoms with Gasteiger partial charge in [-0.1, -0.05) is 38.3 Å². The van der Waals surface area contributed by atoms with Crippen LogP contribution >= 0.6 is 0 Å².